The van der Waals surface area contributed by atoms with Gasteiger partial charge < -0.3 is 0 Å². The zero-order valence-electron chi connectivity index (χ0n) is 6.81. The number of hydrogen-bond acceptors (Lipinski definition) is 2. The zero-order valence-corrected chi connectivity index (χ0v) is 7.57. The quantitative estimate of drug-likeness (QED) is 0.647. The third-order valence-corrected chi connectivity index (χ3v) is 2.05. The van der Waals surface area contributed by atoms with Crippen LogP contribution in [-0.2, 0) is 0 Å². The van der Waals surface area contributed by atoms with Crippen LogP contribution in [0.2, 0.25) is 5.15 Å². The first kappa shape index (κ1) is 8.20. The summed E-state index contributed by atoms with van der Waals surface area (Å²) < 4.78 is 0. The highest BCUT2D eigenvalue weighted by Gasteiger charge is 2.02. The molecule has 0 aliphatic rings. The van der Waals surface area contributed by atoms with Gasteiger partial charge in [0.1, 0.15) is 11.5 Å². The Morgan fingerprint density at radius 1 is 1.08 bits per heavy atom. The summed E-state index contributed by atoms with van der Waals surface area (Å²) in [7, 11) is 0. The van der Waals surface area contributed by atoms with E-state index in [1.807, 2.05) is 30.3 Å². The van der Waals surface area contributed by atoms with Crippen molar-refractivity contribution in [2.75, 3.05) is 0 Å². The summed E-state index contributed by atoms with van der Waals surface area (Å²) in [5, 5.41) is 0.487. The Morgan fingerprint density at radius 2 is 1.85 bits per heavy atom. The summed E-state index contributed by atoms with van der Waals surface area (Å²) in [6.07, 6.45) is 3.15. The smallest absolute Gasteiger partial charge is 0.140 e. The van der Waals surface area contributed by atoms with Crippen LogP contribution in [0, 0.1) is 0 Å². The molecular formula is C10H7ClN2. The molecule has 1 aromatic carbocycles. The van der Waals surface area contributed by atoms with Crippen LogP contribution in [0.25, 0.3) is 11.1 Å². The van der Waals surface area contributed by atoms with E-state index < -0.39 is 0 Å². The molecule has 2 nitrogen and oxygen atoms in total. The number of nitrogens with zero attached hydrogens (tertiary/aromatic N) is 2. The maximum Gasteiger partial charge on any atom is 0.140 e. The first-order valence-electron chi connectivity index (χ1n) is 3.89. The average Bonchev–Trinajstić information content (AvgIpc) is 2.20. The Bertz CT molecular complexity index is 401. The van der Waals surface area contributed by atoms with E-state index in [1.54, 1.807) is 6.20 Å². The van der Waals surface area contributed by atoms with Gasteiger partial charge in [0.05, 0.1) is 0 Å². The molecule has 2 rings (SSSR count). The van der Waals surface area contributed by atoms with Gasteiger partial charge in [-0.25, -0.2) is 9.97 Å². The topological polar surface area (TPSA) is 25.8 Å². The third-order valence-electron chi connectivity index (χ3n) is 1.75. The lowest BCUT2D eigenvalue weighted by Gasteiger charge is -2.00. The monoisotopic (exact) mass is 190 g/mol. The van der Waals surface area contributed by atoms with Crippen LogP contribution in [-0.4, -0.2) is 9.97 Å². The first-order valence-corrected chi connectivity index (χ1v) is 4.26. The van der Waals surface area contributed by atoms with E-state index in [0.717, 1.165) is 11.1 Å². The Labute approximate surface area is 81.2 Å². The van der Waals surface area contributed by atoms with Crippen molar-refractivity contribution in [3.8, 4) is 11.1 Å². The van der Waals surface area contributed by atoms with E-state index in [1.165, 1.54) is 6.33 Å². The predicted octanol–water partition coefficient (Wildman–Crippen LogP) is 2.80. The van der Waals surface area contributed by atoms with Gasteiger partial charge in [0, 0.05) is 11.8 Å². The fraction of sp³-hybridized carbons (Fsp3) is 0. The van der Waals surface area contributed by atoms with Crippen molar-refractivity contribution in [2.24, 2.45) is 0 Å². The molecule has 13 heavy (non-hydrogen) atoms. The Morgan fingerprint density at radius 3 is 2.54 bits per heavy atom. The van der Waals surface area contributed by atoms with E-state index in [9.17, 15) is 0 Å². The van der Waals surface area contributed by atoms with Crippen molar-refractivity contribution >= 4 is 11.6 Å². The van der Waals surface area contributed by atoms with Gasteiger partial charge in [-0.3, -0.25) is 0 Å². The maximum absolute atomic E-state index is 5.91. The fourth-order valence-corrected chi connectivity index (χ4v) is 1.33. The Kier molecular flexibility index (Phi) is 2.23. The van der Waals surface area contributed by atoms with Gasteiger partial charge in [0.15, 0.2) is 0 Å². The van der Waals surface area contributed by atoms with Crippen LogP contribution in [0.15, 0.2) is 42.9 Å². The van der Waals surface area contributed by atoms with Crippen LogP contribution < -0.4 is 0 Å². The van der Waals surface area contributed by atoms with Gasteiger partial charge in [-0.15, -0.1) is 0 Å². The largest absolute Gasteiger partial charge is 0.244 e. The molecule has 0 atom stereocenters. The lowest BCUT2D eigenvalue weighted by Crippen LogP contribution is -1.84. The van der Waals surface area contributed by atoms with E-state index in [0.29, 0.717) is 5.15 Å². The summed E-state index contributed by atoms with van der Waals surface area (Å²) in [5.41, 5.74) is 1.90. The van der Waals surface area contributed by atoms with Crippen molar-refractivity contribution in [2.45, 2.75) is 0 Å². The predicted molar refractivity (Wildman–Crippen MR) is 52.5 cm³/mol. The summed E-state index contributed by atoms with van der Waals surface area (Å²) in [6, 6.07) is 9.83. The molecular weight excluding hydrogens is 184 g/mol. The minimum atomic E-state index is 0.487. The van der Waals surface area contributed by atoms with Crippen molar-refractivity contribution < 1.29 is 0 Å². The highest BCUT2D eigenvalue weighted by atomic mass is 35.5. The standard InChI is InChI=1S/C10H7ClN2/c11-10-9(6-12-7-13-10)8-4-2-1-3-5-8/h1-7H. The molecule has 0 fully saturated rings. The second-order valence-electron chi connectivity index (χ2n) is 2.59. The molecule has 0 unspecified atom stereocenters. The minimum absolute atomic E-state index is 0.487. The maximum atomic E-state index is 5.91. The fourth-order valence-electron chi connectivity index (χ4n) is 1.13. The molecule has 0 radical (unpaired) electrons. The molecule has 1 aromatic heterocycles. The van der Waals surface area contributed by atoms with Gasteiger partial charge >= 0.3 is 0 Å². The molecule has 0 aliphatic carbocycles. The molecule has 0 saturated heterocycles. The molecule has 0 N–H and O–H groups in total. The lowest BCUT2D eigenvalue weighted by molar-refractivity contribution is 1.17. The molecule has 64 valence electrons. The molecule has 0 aliphatic heterocycles. The number of benzene rings is 1. The highest BCUT2D eigenvalue weighted by Crippen LogP contribution is 2.23. The van der Waals surface area contributed by atoms with E-state index in [2.05, 4.69) is 9.97 Å². The van der Waals surface area contributed by atoms with Gasteiger partial charge in [-0.05, 0) is 5.56 Å². The number of halogens is 1. The van der Waals surface area contributed by atoms with Crippen LogP contribution >= 0.6 is 11.6 Å². The Hall–Kier alpha value is -1.41. The second-order valence-corrected chi connectivity index (χ2v) is 2.95. The normalized spacial score (nSPS) is 9.92. The molecule has 0 spiro atoms. The zero-order chi connectivity index (χ0) is 9.10. The SMILES string of the molecule is Clc1ncncc1-c1ccccc1. The molecule has 3 heteroatoms. The molecule has 0 saturated carbocycles. The minimum Gasteiger partial charge on any atom is -0.244 e. The highest BCUT2D eigenvalue weighted by molar-refractivity contribution is 6.32. The summed E-state index contributed by atoms with van der Waals surface area (Å²) >= 11 is 5.91. The Balaban J connectivity index is 2.54. The third kappa shape index (κ3) is 1.68. The molecule has 0 amide bonds. The van der Waals surface area contributed by atoms with Gasteiger partial charge in [-0.1, -0.05) is 41.9 Å². The summed E-state index contributed by atoms with van der Waals surface area (Å²) in [6.45, 7) is 0. The summed E-state index contributed by atoms with van der Waals surface area (Å²) in [4.78, 5) is 7.84. The molecule has 0 bridgehead atoms. The van der Waals surface area contributed by atoms with E-state index >= 15 is 0 Å². The lowest BCUT2D eigenvalue weighted by atomic mass is 10.1. The number of aromatic nitrogens is 2. The molecule has 2 aromatic rings. The molecule has 1 heterocycles. The van der Waals surface area contributed by atoms with Crippen LogP contribution in [0.4, 0.5) is 0 Å². The van der Waals surface area contributed by atoms with E-state index in [4.69, 9.17) is 11.6 Å². The van der Waals surface area contributed by atoms with Gasteiger partial charge in [-0.2, -0.15) is 0 Å². The average molecular weight is 191 g/mol. The van der Waals surface area contributed by atoms with E-state index in [-0.39, 0.29) is 0 Å². The number of rotatable bonds is 1. The van der Waals surface area contributed by atoms with Crippen molar-refractivity contribution in [1.29, 1.82) is 0 Å². The number of hydrogen-bond donors (Lipinski definition) is 0. The summed E-state index contributed by atoms with van der Waals surface area (Å²) in [5.74, 6) is 0. The van der Waals surface area contributed by atoms with Crippen molar-refractivity contribution in [1.82, 2.24) is 9.97 Å². The van der Waals surface area contributed by atoms with Crippen molar-refractivity contribution in [3.63, 3.8) is 0 Å². The van der Waals surface area contributed by atoms with Crippen LogP contribution in [0.3, 0.4) is 0 Å². The van der Waals surface area contributed by atoms with Crippen LogP contribution in [0.1, 0.15) is 0 Å². The second kappa shape index (κ2) is 3.54. The van der Waals surface area contributed by atoms with Gasteiger partial charge in [0.25, 0.3) is 0 Å². The first-order chi connectivity index (χ1) is 6.38. The van der Waals surface area contributed by atoms with Crippen LogP contribution in [0.5, 0.6) is 0 Å². The van der Waals surface area contributed by atoms with Gasteiger partial charge in [0.2, 0.25) is 0 Å². The van der Waals surface area contributed by atoms with Crippen molar-refractivity contribution in [3.05, 3.63) is 48.0 Å².